The molecule has 0 aromatic carbocycles. The number of rotatable bonds is 7. The zero-order valence-corrected chi connectivity index (χ0v) is 14.3. The highest BCUT2D eigenvalue weighted by atomic mass is 32.2. The Labute approximate surface area is 133 Å². The van der Waals surface area contributed by atoms with Gasteiger partial charge in [-0.05, 0) is 37.1 Å². The molecule has 1 N–H and O–H groups in total. The van der Waals surface area contributed by atoms with Gasteiger partial charge in [-0.1, -0.05) is 25.6 Å². The van der Waals surface area contributed by atoms with Crippen LogP contribution in [0.3, 0.4) is 0 Å². The molecule has 0 aliphatic carbocycles. The number of nitrogens with zero attached hydrogens (tertiary/aromatic N) is 2. The third-order valence-corrected chi connectivity index (χ3v) is 5.16. The van der Waals surface area contributed by atoms with E-state index in [-0.39, 0.29) is 11.9 Å². The minimum absolute atomic E-state index is 0.0691. The van der Waals surface area contributed by atoms with E-state index in [1.54, 1.807) is 17.7 Å². The van der Waals surface area contributed by atoms with E-state index in [4.69, 9.17) is 0 Å². The van der Waals surface area contributed by atoms with Crippen molar-refractivity contribution < 1.29 is 4.79 Å². The van der Waals surface area contributed by atoms with Crippen LogP contribution in [-0.2, 0) is 4.79 Å². The molecule has 21 heavy (non-hydrogen) atoms. The summed E-state index contributed by atoms with van der Waals surface area (Å²) in [4.78, 5) is 20.4. The van der Waals surface area contributed by atoms with E-state index in [9.17, 15) is 4.79 Å². The van der Waals surface area contributed by atoms with E-state index in [1.807, 2.05) is 11.4 Å². The van der Waals surface area contributed by atoms with Crippen LogP contribution in [-0.4, -0.2) is 27.7 Å². The molecule has 0 aliphatic rings. The first-order valence-corrected chi connectivity index (χ1v) is 9.03. The summed E-state index contributed by atoms with van der Waals surface area (Å²) in [6.07, 6.45) is 3.72. The number of hydrogen-bond donors (Lipinski definition) is 1. The van der Waals surface area contributed by atoms with Crippen molar-refractivity contribution in [2.24, 2.45) is 5.92 Å². The maximum Gasteiger partial charge on any atom is 0.230 e. The summed E-state index contributed by atoms with van der Waals surface area (Å²) >= 11 is 3.09. The number of carbonyl (C=O) groups is 1. The molecule has 0 aliphatic heterocycles. The van der Waals surface area contributed by atoms with Gasteiger partial charge in [0.05, 0.1) is 16.0 Å². The lowest BCUT2D eigenvalue weighted by molar-refractivity contribution is -0.119. The number of thioether (sulfide) groups is 1. The third kappa shape index (κ3) is 4.97. The second kappa shape index (κ2) is 7.75. The smallest absolute Gasteiger partial charge is 0.230 e. The van der Waals surface area contributed by atoms with Crippen LogP contribution in [0.1, 0.15) is 33.6 Å². The molecule has 2 rings (SSSR count). The quantitative estimate of drug-likeness (QED) is 0.623. The Balaban J connectivity index is 1.82. The van der Waals surface area contributed by atoms with Crippen LogP contribution in [0.25, 0.3) is 10.2 Å². The van der Waals surface area contributed by atoms with Gasteiger partial charge in [0, 0.05) is 6.04 Å². The minimum Gasteiger partial charge on any atom is -0.353 e. The van der Waals surface area contributed by atoms with E-state index in [1.165, 1.54) is 11.8 Å². The van der Waals surface area contributed by atoms with Crippen LogP contribution in [0.2, 0.25) is 0 Å². The standard InChI is InChI=1S/C15H21N3OS2/c1-10(2)4-5-11(3)18-13(19)8-21-15-14-12(6-7-20-14)16-9-17-15/h6-7,9-11H,4-5,8H2,1-3H3,(H,18,19). The van der Waals surface area contributed by atoms with Gasteiger partial charge in [-0.25, -0.2) is 9.97 Å². The average Bonchev–Trinajstić information content (AvgIpc) is 2.91. The van der Waals surface area contributed by atoms with Crippen LogP contribution < -0.4 is 5.32 Å². The fourth-order valence-corrected chi connectivity index (χ4v) is 3.73. The highest BCUT2D eigenvalue weighted by Gasteiger charge is 2.11. The normalized spacial score (nSPS) is 12.8. The zero-order valence-electron chi connectivity index (χ0n) is 12.6. The molecule has 2 heterocycles. The number of carbonyl (C=O) groups excluding carboxylic acids is 1. The maximum atomic E-state index is 12.0. The number of nitrogens with one attached hydrogen (secondary N) is 1. The summed E-state index contributed by atoms with van der Waals surface area (Å²) in [6.45, 7) is 6.46. The van der Waals surface area contributed by atoms with Crippen LogP contribution in [0, 0.1) is 5.92 Å². The summed E-state index contributed by atoms with van der Waals surface area (Å²) in [5.41, 5.74) is 0.947. The van der Waals surface area contributed by atoms with E-state index < -0.39 is 0 Å². The van der Waals surface area contributed by atoms with Crippen molar-refractivity contribution in [3.63, 3.8) is 0 Å². The van der Waals surface area contributed by atoms with E-state index in [0.717, 1.165) is 28.1 Å². The zero-order chi connectivity index (χ0) is 15.2. The van der Waals surface area contributed by atoms with Crippen molar-refractivity contribution in [3.05, 3.63) is 17.8 Å². The van der Waals surface area contributed by atoms with Crippen LogP contribution in [0.5, 0.6) is 0 Å². The Bertz CT molecular complexity index is 597. The summed E-state index contributed by atoms with van der Waals surface area (Å²) in [5, 5.41) is 5.93. The second-order valence-corrected chi connectivity index (χ2v) is 7.42. The number of amides is 1. The number of thiophene rings is 1. The molecule has 1 atom stereocenters. The SMILES string of the molecule is CC(C)CCC(C)NC(=O)CSc1ncnc2ccsc12. The summed E-state index contributed by atoms with van der Waals surface area (Å²) in [6, 6.07) is 2.20. The predicted octanol–water partition coefficient (Wildman–Crippen LogP) is 3.72. The fraction of sp³-hybridized carbons (Fsp3) is 0.533. The van der Waals surface area contributed by atoms with Gasteiger partial charge in [-0.3, -0.25) is 4.79 Å². The number of aromatic nitrogens is 2. The molecule has 1 amide bonds. The topological polar surface area (TPSA) is 54.9 Å². The lowest BCUT2D eigenvalue weighted by atomic mass is 10.0. The Morgan fingerprint density at radius 1 is 1.33 bits per heavy atom. The van der Waals surface area contributed by atoms with Crippen molar-refractivity contribution in [1.29, 1.82) is 0 Å². The number of fused-ring (bicyclic) bond motifs is 1. The first-order chi connectivity index (χ1) is 10.1. The summed E-state index contributed by atoms with van der Waals surface area (Å²) < 4.78 is 1.06. The van der Waals surface area contributed by atoms with Gasteiger partial charge >= 0.3 is 0 Å². The first kappa shape index (κ1) is 16.2. The molecule has 0 radical (unpaired) electrons. The molecular formula is C15H21N3OS2. The lowest BCUT2D eigenvalue weighted by Gasteiger charge is -2.14. The minimum atomic E-state index is 0.0691. The molecule has 4 nitrogen and oxygen atoms in total. The Morgan fingerprint density at radius 3 is 2.90 bits per heavy atom. The largest absolute Gasteiger partial charge is 0.353 e. The van der Waals surface area contributed by atoms with Gasteiger partial charge in [-0.15, -0.1) is 11.3 Å². The van der Waals surface area contributed by atoms with Gasteiger partial charge in [0.2, 0.25) is 5.91 Å². The Kier molecular flexibility index (Phi) is 5.99. The van der Waals surface area contributed by atoms with E-state index in [2.05, 4.69) is 36.1 Å². The summed E-state index contributed by atoms with van der Waals surface area (Å²) in [7, 11) is 0. The molecule has 6 heteroatoms. The highest BCUT2D eigenvalue weighted by Crippen LogP contribution is 2.28. The molecule has 1 unspecified atom stereocenters. The second-order valence-electron chi connectivity index (χ2n) is 5.54. The van der Waals surface area contributed by atoms with Gasteiger partial charge < -0.3 is 5.32 Å². The maximum absolute atomic E-state index is 12.0. The Morgan fingerprint density at radius 2 is 2.14 bits per heavy atom. The summed E-state index contributed by atoms with van der Waals surface area (Å²) in [5.74, 6) is 1.14. The molecule has 114 valence electrons. The fourth-order valence-electron chi connectivity index (χ4n) is 1.98. The van der Waals surface area contributed by atoms with Gasteiger partial charge in [0.1, 0.15) is 11.4 Å². The monoisotopic (exact) mass is 323 g/mol. The van der Waals surface area contributed by atoms with Gasteiger partial charge in [0.25, 0.3) is 0 Å². The Hall–Kier alpha value is -1.14. The van der Waals surface area contributed by atoms with Crippen LogP contribution >= 0.6 is 23.1 Å². The van der Waals surface area contributed by atoms with Crippen molar-refractivity contribution in [2.75, 3.05) is 5.75 Å². The molecule has 0 saturated carbocycles. The van der Waals surface area contributed by atoms with Gasteiger partial charge in [0.15, 0.2) is 0 Å². The lowest BCUT2D eigenvalue weighted by Crippen LogP contribution is -2.34. The molecule has 2 aromatic rings. The van der Waals surface area contributed by atoms with Crippen LogP contribution in [0.15, 0.2) is 22.8 Å². The van der Waals surface area contributed by atoms with Crippen molar-refractivity contribution in [3.8, 4) is 0 Å². The van der Waals surface area contributed by atoms with Crippen molar-refractivity contribution >= 4 is 39.2 Å². The molecule has 2 aromatic heterocycles. The molecule has 0 spiro atoms. The van der Waals surface area contributed by atoms with Gasteiger partial charge in [-0.2, -0.15) is 0 Å². The van der Waals surface area contributed by atoms with Crippen molar-refractivity contribution in [2.45, 2.75) is 44.7 Å². The molecule has 0 saturated heterocycles. The molecule has 0 fully saturated rings. The van der Waals surface area contributed by atoms with Crippen molar-refractivity contribution in [1.82, 2.24) is 15.3 Å². The highest BCUT2D eigenvalue weighted by molar-refractivity contribution is 8.00. The average molecular weight is 323 g/mol. The molecule has 0 bridgehead atoms. The molecular weight excluding hydrogens is 302 g/mol. The number of hydrogen-bond acceptors (Lipinski definition) is 5. The third-order valence-electron chi connectivity index (χ3n) is 3.13. The first-order valence-electron chi connectivity index (χ1n) is 7.16. The predicted molar refractivity (Wildman–Crippen MR) is 89.8 cm³/mol. The van der Waals surface area contributed by atoms with E-state index in [0.29, 0.717) is 11.7 Å². The van der Waals surface area contributed by atoms with E-state index >= 15 is 0 Å². The van der Waals surface area contributed by atoms with Crippen LogP contribution in [0.4, 0.5) is 0 Å².